The number of H-pyrrole nitrogens is 1. The highest BCUT2D eigenvalue weighted by atomic mass is 32.1. The number of carbonyl (C=O) groups excluding carboxylic acids is 1. The number of nitrogens with one attached hydrogen (secondary N) is 2. The van der Waals surface area contributed by atoms with Gasteiger partial charge in [0, 0.05) is 22.2 Å². The standard InChI is InChI=1S/C28H26N6O4S/c1-16-17(2)39-28-25(16)27(36)30-23(31-28)13-24(35)32-29-14-19-15-34(20-8-6-5-7-9-20)33-26(19)18-10-11-21(37-3)22(12-18)38-4/h5-12,14-15H,13H2,1-4H3,(H,32,35)(H,30,31,36)/b29-14+. The number of hydrazone groups is 1. The van der Waals surface area contributed by atoms with Crippen LogP contribution in [-0.2, 0) is 11.2 Å². The Morgan fingerprint density at radius 3 is 2.64 bits per heavy atom. The molecule has 10 nitrogen and oxygen atoms in total. The van der Waals surface area contributed by atoms with E-state index in [9.17, 15) is 9.59 Å². The topological polar surface area (TPSA) is 123 Å². The summed E-state index contributed by atoms with van der Waals surface area (Å²) in [6.07, 6.45) is 3.23. The second-order valence-corrected chi connectivity index (χ2v) is 9.93. The lowest BCUT2D eigenvalue weighted by atomic mass is 10.1. The number of ether oxygens (including phenoxy) is 2. The molecule has 0 atom stereocenters. The third-order valence-corrected chi connectivity index (χ3v) is 7.33. The fourth-order valence-corrected chi connectivity index (χ4v) is 5.20. The first-order valence-electron chi connectivity index (χ1n) is 12.1. The molecule has 1 amide bonds. The molecule has 0 aliphatic rings. The van der Waals surface area contributed by atoms with Crippen molar-refractivity contribution in [3.05, 3.63) is 86.9 Å². The van der Waals surface area contributed by atoms with Crippen LogP contribution < -0.4 is 20.5 Å². The van der Waals surface area contributed by atoms with Crippen molar-refractivity contribution < 1.29 is 14.3 Å². The van der Waals surface area contributed by atoms with E-state index in [0.29, 0.717) is 33.0 Å². The molecule has 39 heavy (non-hydrogen) atoms. The van der Waals surface area contributed by atoms with Crippen LogP contribution in [0.2, 0.25) is 0 Å². The molecule has 2 aromatic carbocycles. The molecule has 2 N–H and O–H groups in total. The van der Waals surface area contributed by atoms with Crippen molar-refractivity contribution in [1.29, 1.82) is 0 Å². The van der Waals surface area contributed by atoms with Gasteiger partial charge in [-0.05, 0) is 49.7 Å². The van der Waals surface area contributed by atoms with Gasteiger partial charge in [0.2, 0.25) is 5.91 Å². The van der Waals surface area contributed by atoms with Gasteiger partial charge in [0.05, 0.1) is 37.9 Å². The summed E-state index contributed by atoms with van der Waals surface area (Å²) in [6, 6.07) is 15.2. The minimum Gasteiger partial charge on any atom is -0.493 e. The molecule has 198 valence electrons. The van der Waals surface area contributed by atoms with Crippen molar-refractivity contribution in [2.24, 2.45) is 5.10 Å². The Kier molecular flexibility index (Phi) is 7.24. The van der Waals surface area contributed by atoms with Crippen LogP contribution in [0, 0.1) is 13.8 Å². The number of amides is 1. The molecule has 3 heterocycles. The second kappa shape index (κ2) is 10.9. The molecule has 0 saturated heterocycles. The number of rotatable bonds is 8. The maximum Gasteiger partial charge on any atom is 0.259 e. The Labute approximate surface area is 227 Å². The van der Waals surface area contributed by atoms with Gasteiger partial charge in [-0.1, -0.05) is 18.2 Å². The number of carbonyl (C=O) groups is 1. The van der Waals surface area contributed by atoms with Crippen LogP contribution in [0.5, 0.6) is 11.5 Å². The number of hydrogen-bond donors (Lipinski definition) is 2. The molecule has 0 saturated carbocycles. The van der Waals surface area contributed by atoms with E-state index in [-0.39, 0.29) is 17.8 Å². The van der Waals surface area contributed by atoms with Gasteiger partial charge in [-0.3, -0.25) is 9.59 Å². The van der Waals surface area contributed by atoms with Crippen LogP contribution in [0.4, 0.5) is 0 Å². The SMILES string of the molecule is COc1ccc(-c2nn(-c3ccccc3)cc2/C=N/NC(=O)Cc2nc3sc(C)c(C)c3c(=O)[nH]2)cc1OC. The molecule has 0 spiro atoms. The molecule has 0 aliphatic carbocycles. The zero-order valence-corrected chi connectivity index (χ0v) is 22.6. The maximum atomic E-state index is 12.6. The summed E-state index contributed by atoms with van der Waals surface area (Å²) in [4.78, 5) is 33.9. The third kappa shape index (κ3) is 5.30. The number of benzene rings is 2. The molecule has 0 unspecified atom stereocenters. The van der Waals surface area contributed by atoms with Crippen LogP contribution in [0.1, 0.15) is 21.8 Å². The highest BCUT2D eigenvalue weighted by Gasteiger charge is 2.16. The van der Waals surface area contributed by atoms with E-state index >= 15 is 0 Å². The third-order valence-electron chi connectivity index (χ3n) is 6.23. The predicted molar refractivity (Wildman–Crippen MR) is 151 cm³/mol. The van der Waals surface area contributed by atoms with E-state index in [4.69, 9.17) is 14.6 Å². The largest absolute Gasteiger partial charge is 0.493 e. The van der Waals surface area contributed by atoms with Gasteiger partial charge in [-0.25, -0.2) is 15.1 Å². The maximum absolute atomic E-state index is 12.6. The van der Waals surface area contributed by atoms with E-state index in [0.717, 1.165) is 21.7 Å². The van der Waals surface area contributed by atoms with E-state index in [2.05, 4.69) is 20.5 Å². The molecular weight excluding hydrogens is 516 g/mol. The molecule has 3 aromatic heterocycles. The van der Waals surface area contributed by atoms with Crippen LogP contribution in [0.25, 0.3) is 27.2 Å². The lowest BCUT2D eigenvalue weighted by molar-refractivity contribution is -0.120. The van der Waals surface area contributed by atoms with Crippen molar-refractivity contribution in [2.45, 2.75) is 20.3 Å². The molecular formula is C28H26N6O4S. The minimum atomic E-state index is -0.415. The smallest absolute Gasteiger partial charge is 0.259 e. The summed E-state index contributed by atoms with van der Waals surface area (Å²) in [5, 5.41) is 9.49. The Hall–Kier alpha value is -4.77. The monoisotopic (exact) mass is 542 g/mol. The number of para-hydroxylation sites is 1. The molecule has 0 radical (unpaired) electrons. The number of hydrogen-bond acceptors (Lipinski definition) is 8. The number of nitrogens with zero attached hydrogens (tertiary/aromatic N) is 4. The van der Waals surface area contributed by atoms with Crippen molar-refractivity contribution in [3.8, 4) is 28.4 Å². The van der Waals surface area contributed by atoms with Crippen LogP contribution in [0.3, 0.4) is 0 Å². The number of methoxy groups -OCH3 is 2. The van der Waals surface area contributed by atoms with Crippen molar-refractivity contribution >= 4 is 33.7 Å². The van der Waals surface area contributed by atoms with E-state index in [1.165, 1.54) is 17.6 Å². The molecule has 11 heteroatoms. The summed E-state index contributed by atoms with van der Waals surface area (Å²) in [7, 11) is 3.15. The first kappa shape index (κ1) is 25.9. The number of aromatic nitrogens is 4. The van der Waals surface area contributed by atoms with Gasteiger partial charge in [0.25, 0.3) is 5.56 Å². The summed E-state index contributed by atoms with van der Waals surface area (Å²) in [5.74, 6) is 1.03. The molecule has 0 fully saturated rings. The Morgan fingerprint density at radius 2 is 1.90 bits per heavy atom. The van der Waals surface area contributed by atoms with Crippen LogP contribution in [0.15, 0.2) is 64.6 Å². The molecule has 0 bridgehead atoms. The zero-order valence-electron chi connectivity index (χ0n) is 21.8. The average Bonchev–Trinajstić information content (AvgIpc) is 3.49. The van der Waals surface area contributed by atoms with Gasteiger partial charge in [0.1, 0.15) is 16.3 Å². The number of thiophene rings is 1. The Balaban J connectivity index is 1.40. The zero-order chi connectivity index (χ0) is 27.5. The highest BCUT2D eigenvalue weighted by molar-refractivity contribution is 7.18. The van der Waals surface area contributed by atoms with E-state index in [1.807, 2.05) is 62.5 Å². The second-order valence-electron chi connectivity index (χ2n) is 8.73. The fourth-order valence-electron chi connectivity index (χ4n) is 4.15. The Bertz CT molecular complexity index is 1750. The normalized spacial score (nSPS) is 11.3. The fraction of sp³-hybridized carbons (Fsp3) is 0.179. The van der Waals surface area contributed by atoms with Crippen molar-refractivity contribution in [3.63, 3.8) is 0 Å². The highest BCUT2D eigenvalue weighted by Crippen LogP contribution is 2.33. The summed E-state index contributed by atoms with van der Waals surface area (Å²) < 4.78 is 12.6. The van der Waals surface area contributed by atoms with E-state index in [1.54, 1.807) is 25.0 Å². The van der Waals surface area contributed by atoms with Crippen molar-refractivity contribution in [1.82, 2.24) is 25.2 Å². The summed E-state index contributed by atoms with van der Waals surface area (Å²) in [5.41, 5.74) is 6.14. The van der Waals surface area contributed by atoms with Gasteiger partial charge < -0.3 is 14.5 Å². The van der Waals surface area contributed by atoms with Gasteiger partial charge in [-0.2, -0.15) is 10.2 Å². The van der Waals surface area contributed by atoms with Crippen LogP contribution in [-0.4, -0.2) is 46.1 Å². The van der Waals surface area contributed by atoms with Gasteiger partial charge >= 0.3 is 0 Å². The van der Waals surface area contributed by atoms with E-state index < -0.39 is 5.91 Å². The van der Waals surface area contributed by atoms with Crippen molar-refractivity contribution in [2.75, 3.05) is 14.2 Å². The predicted octanol–water partition coefficient (Wildman–Crippen LogP) is 4.16. The first-order valence-corrected chi connectivity index (χ1v) is 12.9. The number of fused-ring (bicyclic) bond motifs is 1. The van der Waals surface area contributed by atoms with Gasteiger partial charge in [0.15, 0.2) is 11.5 Å². The molecule has 0 aliphatic heterocycles. The minimum absolute atomic E-state index is 0.121. The van der Waals surface area contributed by atoms with Gasteiger partial charge in [-0.15, -0.1) is 11.3 Å². The lowest BCUT2D eigenvalue weighted by Gasteiger charge is -2.09. The molecule has 5 rings (SSSR count). The quantitative estimate of drug-likeness (QED) is 0.224. The summed E-state index contributed by atoms with van der Waals surface area (Å²) in [6.45, 7) is 3.83. The Morgan fingerprint density at radius 1 is 1.13 bits per heavy atom. The first-order chi connectivity index (χ1) is 18.9. The average molecular weight is 543 g/mol. The number of aryl methyl sites for hydroxylation is 2. The molecule has 5 aromatic rings. The number of aromatic amines is 1. The lowest BCUT2D eigenvalue weighted by Crippen LogP contribution is -2.23. The summed E-state index contributed by atoms with van der Waals surface area (Å²) >= 11 is 1.44. The van der Waals surface area contributed by atoms with Crippen LogP contribution >= 0.6 is 11.3 Å².